The molecule has 4 heterocycles. The molecule has 1 aliphatic rings. The van der Waals surface area contributed by atoms with Gasteiger partial charge < -0.3 is 18.8 Å². The van der Waals surface area contributed by atoms with Gasteiger partial charge in [0.15, 0.2) is 5.75 Å². The Kier molecular flexibility index (Phi) is 5.64. The van der Waals surface area contributed by atoms with Gasteiger partial charge in [0.2, 0.25) is 0 Å². The van der Waals surface area contributed by atoms with Crippen molar-refractivity contribution in [3.8, 4) is 17.2 Å². The van der Waals surface area contributed by atoms with E-state index in [1.54, 1.807) is 30.7 Å². The average molecular weight is 532 g/mol. The molecular formula is C28H22FN3O5S. The molecule has 10 heteroatoms. The van der Waals surface area contributed by atoms with Crippen molar-refractivity contribution < 1.29 is 18.7 Å². The average Bonchev–Trinajstić information content (AvgIpc) is 3.47. The number of pyridine rings is 1. The van der Waals surface area contributed by atoms with E-state index < -0.39 is 28.2 Å². The molecule has 0 unspecified atom stereocenters. The molecule has 2 aromatic carbocycles. The van der Waals surface area contributed by atoms with Crippen LogP contribution in [-0.2, 0) is 12.0 Å². The first-order chi connectivity index (χ1) is 18.2. The molecule has 0 atom stereocenters. The highest BCUT2D eigenvalue weighted by molar-refractivity contribution is 7.99. The molecular weight excluding hydrogens is 509 g/mol. The molecule has 8 nitrogen and oxygen atoms in total. The lowest BCUT2D eigenvalue weighted by molar-refractivity contribution is 0.298. The highest BCUT2D eigenvalue weighted by Gasteiger charge is 2.38. The van der Waals surface area contributed by atoms with E-state index in [9.17, 15) is 19.1 Å². The maximum atomic E-state index is 13.8. The minimum absolute atomic E-state index is 0.00923. The minimum Gasteiger partial charge on any atom is -0.505 e. The Bertz CT molecular complexity index is 1830. The molecule has 5 aromatic rings. The molecule has 0 saturated carbocycles. The first kappa shape index (κ1) is 24.1. The Labute approximate surface area is 219 Å². The summed E-state index contributed by atoms with van der Waals surface area (Å²) in [6.07, 6.45) is 5.29. The van der Waals surface area contributed by atoms with Crippen molar-refractivity contribution >= 4 is 22.7 Å². The van der Waals surface area contributed by atoms with Crippen LogP contribution in [0.25, 0.3) is 16.7 Å². The Morgan fingerprint density at radius 1 is 1.16 bits per heavy atom. The second-order valence-corrected chi connectivity index (χ2v) is 10.6. The van der Waals surface area contributed by atoms with E-state index >= 15 is 0 Å². The van der Waals surface area contributed by atoms with E-state index in [0.29, 0.717) is 35.2 Å². The number of ether oxygens (including phenoxy) is 1. The van der Waals surface area contributed by atoms with Crippen LogP contribution in [0.1, 0.15) is 25.1 Å². The summed E-state index contributed by atoms with van der Waals surface area (Å²) in [6, 6.07) is 12.7. The van der Waals surface area contributed by atoms with Crippen LogP contribution in [0.2, 0.25) is 0 Å². The number of rotatable bonds is 6. The zero-order valence-electron chi connectivity index (χ0n) is 20.5. The Hall–Kier alpha value is -4.31. The molecule has 0 saturated heterocycles. The maximum Gasteiger partial charge on any atom is 0.354 e. The summed E-state index contributed by atoms with van der Waals surface area (Å²) in [6.45, 7) is 5.02. The third-order valence-corrected chi connectivity index (χ3v) is 7.78. The van der Waals surface area contributed by atoms with Crippen LogP contribution in [0.3, 0.4) is 0 Å². The number of fused-ring (bicyclic) bond motifs is 4. The Morgan fingerprint density at radius 3 is 2.76 bits per heavy atom. The van der Waals surface area contributed by atoms with Crippen molar-refractivity contribution in [2.24, 2.45) is 0 Å². The number of hydrogen-bond acceptors (Lipinski definition) is 7. The molecule has 0 aliphatic carbocycles. The lowest BCUT2D eigenvalue weighted by Gasteiger charge is -2.20. The lowest BCUT2D eigenvalue weighted by Crippen LogP contribution is -2.24. The standard InChI is InChI=1S/C28H22FN3O5S/c1-28(2)19-13-17(36-11-10-31-9-8-30-15-31)6-7-20(19)32-22(28)14-21-23(26(32)34)24(33)25(27(35)37-21)38-18-5-3-4-16(29)12-18/h3-9,12-15,33H,10-11H2,1-2H3. The summed E-state index contributed by atoms with van der Waals surface area (Å²) in [5.41, 5.74) is 0.190. The van der Waals surface area contributed by atoms with E-state index in [0.717, 1.165) is 17.3 Å². The summed E-state index contributed by atoms with van der Waals surface area (Å²) in [5, 5.41) is 10.9. The van der Waals surface area contributed by atoms with Gasteiger partial charge in [0.25, 0.3) is 5.56 Å². The Morgan fingerprint density at radius 2 is 2.00 bits per heavy atom. The van der Waals surface area contributed by atoms with Crippen molar-refractivity contribution in [1.29, 1.82) is 0 Å². The van der Waals surface area contributed by atoms with Crippen LogP contribution < -0.4 is 15.9 Å². The number of benzene rings is 2. The third kappa shape index (κ3) is 3.88. The first-order valence-corrected chi connectivity index (χ1v) is 12.7. The first-order valence-electron chi connectivity index (χ1n) is 11.9. The fraction of sp³-hybridized carbons (Fsp3) is 0.179. The van der Waals surface area contributed by atoms with Crippen LogP contribution in [0.5, 0.6) is 11.5 Å². The number of nitrogens with zero attached hydrogens (tertiary/aromatic N) is 3. The van der Waals surface area contributed by atoms with Gasteiger partial charge in [-0.15, -0.1) is 0 Å². The molecule has 6 rings (SSSR count). The summed E-state index contributed by atoms with van der Waals surface area (Å²) in [5.74, 6) is -0.316. The van der Waals surface area contributed by atoms with Crippen LogP contribution in [-0.4, -0.2) is 25.8 Å². The van der Waals surface area contributed by atoms with Crippen molar-refractivity contribution in [2.75, 3.05) is 6.61 Å². The van der Waals surface area contributed by atoms with Gasteiger partial charge in [0, 0.05) is 34.5 Å². The fourth-order valence-electron chi connectivity index (χ4n) is 4.81. The van der Waals surface area contributed by atoms with Crippen molar-refractivity contribution in [3.63, 3.8) is 0 Å². The normalized spacial score (nSPS) is 13.4. The van der Waals surface area contributed by atoms with E-state index in [4.69, 9.17) is 9.15 Å². The van der Waals surface area contributed by atoms with E-state index in [1.165, 1.54) is 22.8 Å². The van der Waals surface area contributed by atoms with E-state index in [2.05, 4.69) is 4.98 Å². The SMILES string of the molecule is CC1(C)c2cc(OCCn3ccnc3)ccc2-n2c1cc1oc(=O)c(Sc3cccc(F)c3)c(O)c1c2=O. The van der Waals surface area contributed by atoms with Gasteiger partial charge in [-0.2, -0.15) is 0 Å². The van der Waals surface area contributed by atoms with Gasteiger partial charge in [-0.1, -0.05) is 31.7 Å². The van der Waals surface area contributed by atoms with Gasteiger partial charge >= 0.3 is 5.63 Å². The highest BCUT2D eigenvalue weighted by atomic mass is 32.2. The molecule has 0 radical (unpaired) electrons. The van der Waals surface area contributed by atoms with E-state index in [-0.39, 0.29) is 15.9 Å². The van der Waals surface area contributed by atoms with Crippen LogP contribution in [0.4, 0.5) is 4.39 Å². The van der Waals surface area contributed by atoms with Crippen molar-refractivity contribution in [3.05, 3.63) is 105 Å². The second-order valence-electron chi connectivity index (χ2n) is 9.49. The molecule has 1 aliphatic heterocycles. The highest BCUT2D eigenvalue weighted by Crippen LogP contribution is 2.45. The number of halogens is 1. The second kappa shape index (κ2) is 8.91. The van der Waals surface area contributed by atoms with Crippen LogP contribution in [0.15, 0.2) is 91.0 Å². The summed E-state index contributed by atoms with van der Waals surface area (Å²) in [4.78, 5) is 30.8. The molecule has 0 amide bonds. The van der Waals surface area contributed by atoms with Gasteiger partial charge in [0.1, 0.15) is 34.0 Å². The largest absolute Gasteiger partial charge is 0.505 e. The molecule has 192 valence electrons. The number of imidazole rings is 1. The molecule has 0 spiro atoms. The molecule has 3 aromatic heterocycles. The van der Waals surface area contributed by atoms with Crippen LogP contribution >= 0.6 is 11.8 Å². The summed E-state index contributed by atoms with van der Waals surface area (Å²) in [7, 11) is 0. The third-order valence-electron chi connectivity index (χ3n) is 6.73. The molecule has 38 heavy (non-hydrogen) atoms. The number of hydrogen-bond donors (Lipinski definition) is 1. The quantitative estimate of drug-likeness (QED) is 0.334. The zero-order chi connectivity index (χ0) is 26.6. The minimum atomic E-state index is -0.810. The predicted octanol–water partition coefficient (Wildman–Crippen LogP) is 4.85. The Balaban J connectivity index is 1.42. The molecule has 0 bridgehead atoms. The molecule has 1 N–H and O–H groups in total. The number of aromatic nitrogens is 3. The fourth-order valence-corrected chi connectivity index (χ4v) is 5.68. The summed E-state index contributed by atoms with van der Waals surface area (Å²) >= 11 is 0.839. The van der Waals surface area contributed by atoms with Gasteiger partial charge in [0.05, 0.1) is 18.6 Å². The topological polar surface area (TPSA) is 99.5 Å². The van der Waals surface area contributed by atoms with Crippen molar-refractivity contribution in [2.45, 2.75) is 35.6 Å². The summed E-state index contributed by atoms with van der Waals surface area (Å²) < 4.78 is 28.6. The smallest absolute Gasteiger partial charge is 0.354 e. The van der Waals surface area contributed by atoms with Gasteiger partial charge in [-0.3, -0.25) is 9.36 Å². The predicted molar refractivity (Wildman–Crippen MR) is 140 cm³/mol. The maximum absolute atomic E-state index is 13.8. The lowest BCUT2D eigenvalue weighted by atomic mass is 9.83. The number of aromatic hydroxyl groups is 1. The van der Waals surface area contributed by atoms with E-state index in [1.807, 2.05) is 36.7 Å². The molecule has 0 fully saturated rings. The van der Waals surface area contributed by atoms with Gasteiger partial charge in [-0.05, 0) is 42.0 Å². The van der Waals surface area contributed by atoms with Gasteiger partial charge in [-0.25, -0.2) is 14.2 Å². The monoisotopic (exact) mass is 531 g/mol. The van der Waals surface area contributed by atoms with Crippen LogP contribution in [0, 0.1) is 5.82 Å². The van der Waals surface area contributed by atoms with Crippen molar-refractivity contribution in [1.82, 2.24) is 14.1 Å². The zero-order valence-corrected chi connectivity index (χ0v) is 21.3.